The third kappa shape index (κ3) is 3.38. The molecule has 17 heavy (non-hydrogen) atoms. The van der Waals surface area contributed by atoms with Crippen molar-refractivity contribution in [3.63, 3.8) is 0 Å². The Morgan fingerprint density at radius 1 is 1.47 bits per heavy atom. The van der Waals surface area contributed by atoms with Gasteiger partial charge in [0.05, 0.1) is 23.5 Å². The molecule has 0 bridgehead atoms. The smallest absolute Gasteiger partial charge is 0.139 e. The van der Waals surface area contributed by atoms with E-state index in [0.29, 0.717) is 29.6 Å². The number of rotatable bonds is 4. The fourth-order valence-corrected chi connectivity index (χ4v) is 1.85. The van der Waals surface area contributed by atoms with Gasteiger partial charge in [-0.15, -0.1) is 0 Å². The number of anilines is 1. The zero-order chi connectivity index (χ0) is 12.3. The van der Waals surface area contributed by atoms with E-state index in [1.54, 1.807) is 23.1 Å². The van der Waals surface area contributed by atoms with Crippen LogP contribution in [0, 0.1) is 0 Å². The average molecular weight is 317 g/mol. The minimum absolute atomic E-state index is 0.483. The Kier molecular flexibility index (Phi) is 3.91. The van der Waals surface area contributed by atoms with Gasteiger partial charge in [0, 0.05) is 10.7 Å². The topological polar surface area (TPSA) is 53.1 Å². The summed E-state index contributed by atoms with van der Waals surface area (Å²) in [6.07, 6.45) is 3.36. The normalized spacial score (nSPS) is 10.5. The predicted octanol–water partition coefficient (Wildman–Crippen LogP) is 2.96. The third-order valence-corrected chi connectivity index (χ3v) is 2.93. The molecule has 6 heteroatoms. The summed E-state index contributed by atoms with van der Waals surface area (Å²) in [5.41, 5.74) is 6.20. The quantitative estimate of drug-likeness (QED) is 0.943. The second-order valence-corrected chi connectivity index (χ2v) is 4.78. The van der Waals surface area contributed by atoms with E-state index >= 15 is 0 Å². The van der Waals surface area contributed by atoms with Crippen molar-refractivity contribution >= 4 is 33.2 Å². The Morgan fingerprint density at radius 2 is 2.29 bits per heavy atom. The Morgan fingerprint density at radius 3 is 3.00 bits per heavy atom. The van der Waals surface area contributed by atoms with Crippen LogP contribution < -0.4 is 10.5 Å². The molecule has 90 valence electrons. The molecule has 0 aliphatic carbocycles. The highest BCUT2D eigenvalue weighted by Crippen LogP contribution is 2.27. The largest absolute Gasteiger partial charge is 0.490 e. The van der Waals surface area contributed by atoms with E-state index in [4.69, 9.17) is 22.1 Å². The summed E-state index contributed by atoms with van der Waals surface area (Å²) < 4.78 is 8.22. The van der Waals surface area contributed by atoms with E-state index < -0.39 is 0 Å². The van der Waals surface area contributed by atoms with Gasteiger partial charge in [-0.05, 0) is 18.2 Å². The summed E-state index contributed by atoms with van der Waals surface area (Å²) >= 11 is 9.36. The van der Waals surface area contributed by atoms with Crippen molar-refractivity contribution in [2.24, 2.45) is 0 Å². The summed E-state index contributed by atoms with van der Waals surface area (Å²) in [6, 6.07) is 5.48. The summed E-state index contributed by atoms with van der Waals surface area (Å²) in [7, 11) is 0. The Labute approximate surface area is 112 Å². The minimum atomic E-state index is 0.483. The maximum atomic E-state index is 5.99. The summed E-state index contributed by atoms with van der Waals surface area (Å²) in [4.78, 5) is 0. The molecule has 2 rings (SSSR count). The van der Waals surface area contributed by atoms with Crippen LogP contribution in [-0.2, 0) is 6.54 Å². The molecule has 0 amide bonds. The van der Waals surface area contributed by atoms with E-state index in [1.807, 2.05) is 12.1 Å². The molecule has 4 nitrogen and oxygen atoms in total. The van der Waals surface area contributed by atoms with E-state index in [0.717, 1.165) is 4.47 Å². The van der Waals surface area contributed by atoms with Crippen LogP contribution in [0.4, 0.5) is 5.69 Å². The summed E-state index contributed by atoms with van der Waals surface area (Å²) in [6.45, 7) is 1.11. The van der Waals surface area contributed by atoms with Crippen LogP contribution in [0.5, 0.6) is 5.75 Å². The first-order chi connectivity index (χ1) is 8.15. The molecule has 2 aromatic rings. The van der Waals surface area contributed by atoms with Crippen molar-refractivity contribution in [3.8, 4) is 5.75 Å². The maximum absolute atomic E-state index is 5.99. The number of benzene rings is 1. The zero-order valence-corrected chi connectivity index (χ0v) is 11.3. The van der Waals surface area contributed by atoms with Crippen molar-refractivity contribution in [1.29, 1.82) is 0 Å². The first-order valence-electron chi connectivity index (χ1n) is 5.01. The highest BCUT2D eigenvalue weighted by molar-refractivity contribution is 9.10. The van der Waals surface area contributed by atoms with Crippen LogP contribution >= 0.6 is 27.5 Å². The van der Waals surface area contributed by atoms with Crippen LogP contribution in [0.1, 0.15) is 0 Å². The van der Waals surface area contributed by atoms with Crippen molar-refractivity contribution in [2.45, 2.75) is 6.54 Å². The van der Waals surface area contributed by atoms with Gasteiger partial charge in [0.2, 0.25) is 0 Å². The number of nitrogens with two attached hydrogens (primary N) is 1. The maximum Gasteiger partial charge on any atom is 0.139 e. The first-order valence-corrected chi connectivity index (χ1v) is 6.18. The number of nitrogens with zero attached hydrogens (tertiary/aromatic N) is 2. The average Bonchev–Trinajstić information content (AvgIpc) is 2.69. The SMILES string of the molecule is Nc1cnn(CCOc2cc(Br)ccc2Cl)c1. The number of hydrogen-bond acceptors (Lipinski definition) is 3. The van der Waals surface area contributed by atoms with Gasteiger partial charge in [0.25, 0.3) is 0 Å². The van der Waals surface area contributed by atoms with Gasteiger partial charge in [-0.1, -0.05) is 27.5 Å². The Balaban J connectivity index is 1.91. The highest BCUT2D eigenvalue weighted by atomic mass is 79.9. The summed E-state index contributed by atoms with van der Waals surface area (Å²) in [5.74, 6) is 0.654. The standard InChI is InChI=1S/C11H11BrClN3O/c12-8-1-2-10(13)11(5-8)17-4-3-16-7-9(14)6-15-16/h1-2,5-7H,3-4,14H2. The van der Waals surface area contributed by atoms with Crippen LogP contribution in [0.25, 0.3) is 0 Å². The van der Waals surface area contributed by atoms with Crippen molar-refractivity contribution in [1.82, 2.24) is 9.78 Å². The van der Waals surface area contributed by atoms with Gasteiger partial charge in [0.15, 0.2) is 0 Å². The monoisotopic (exact) mass is 315 g/mol. The van der Waals surface area contributed by atoms with Crippen LogP contribution in [0.2, 0.25) is 5.02 Å². The molecule has 0 unspecified atom stereocenters. The highest BCUT2D eigenvalue weighted by Gasteiger charge is 2.02. The molecule has 0 radical (unpaired) electrons. The third-order valence-electron chi connectivity index (χ3n) is 2.12. The fraction of sp³-hybridized carbons (Fsp3) is 0.182. The van der Waals surface area contributed by atoms with Crippen molar-refractivity contribution in [3.05, 3.63) is 40.1 Å². The number of halogens is 2. The molecule has 0 atom stereocenters. The van der Waals surface area contributed by atoms with Crippen molar-refractivity contribution < 1.29 is 4.74 Å². The molecular weight excluding hydrogens is 305 g/mol. The number of aromatic nitrogens is 2. The van der Waals surface area contributed by atoms with Gasteiger partial charge in [0.1, 0.15) is 12.4 Å². The summed E-state index contributed by atoms with van der Waals surface area (Å²) in [5, 5.41) is 4.65. The molecule has 0 spiro atoms. The van der Waals surface area contributed by atoms with Gasteiger partial charge in [-0.25, -0.2) is 0 Å². The molecule has 1 heterocycles. The number of nitrogen functional groups attached to an aromatic ring is 1. The molecule has 0 aliphatic heterocycles. The molecule has 2 N–H and O–H groups in total. The molecule has 0 aliphatic rings. The number of ether oxygens (including phenoxy) is 1. The van der Waals surface area contributed by atoms with Gasteiger partial charge in [-0.2, -0.15) is 5.10 Å². The molecule has 1 aromatic carbocycles. The molecule has 1 aromatic heterocycles. The second kappa shape index (κ2) is 5.42. The first kappa shape index (κ1) is 12.3. The van der Waals surface area contributed by atoms with Crippen LogP contribution in [0.15, 0.2) is 35.1 Å². The lowest BCUT2D eigenvalue weighted by Crippen LogP contribution is -2.08. The van der Waals surface area contributed by atoms with Gasteiger partial charge < -0.3 is 10.5 Å². The van der Waals surface area contributed by atoms with Crippen LogP contribution in [0.3, 0.4) is 0 Å². The number of hydrogen-bond donors (Lipinski definition) is 1. The Bertz CT molecular complexity index is 515. The van der Waals surface area contributed by atoms with E-state index in [9.17, 15) is 0 Å². The lowest BCUT2D eigenvalue weighted by molar-refractivity contribution is 0.291. The molecular formula is C11H11BrClN3O. The predicted molar refractivity (Wildman–Crippen MR) is 71.3 cm³/mol. The minimum Gasteiger partial charge on any atom is -0.490 e. The van der Waals surface area contributed by atoms with Crippen LogP contribution in [-0.4, -0.2) is 16.4 Å². The lowest BCUT2D eigenvalue weighted by Gasteiger charge is -2.08. The molecule has 0 fully saturated rings. The van der Waals surface area contributed by atoms with Crippen molar-refractivity contribution in [2.75, 3.05) is 12.3 Å². The Hall–Kier alpha value is -1.20. The van der Waals surface area contributed by atoms with E-state index in [1.165, 1.54) is 0 Å². The lowest BCUT2D eigenvalue weighted by atomic mass is 10.3. The van der Waals surface area contributed by atoms with E-state index in [2.05, 4.69) is 21.0 Å². The fourth-order valence-electron chi connectivity index (χ4n) is 1.34. The van der Waals surface area contributed by atoms with E-state index in [-0.39, 0.29) is 0 Å². The van der Waals surface area contributed by atoms with Gasteiger partial charge >= 0.3 is 0 Å². The molecule has 0 saturated carbocycles. The van der Waals surface area contributed by atoms with Gasteiger partial charge in [-0.3, -0.25) is 4.68 Å². The second-order valence-electron chi connectivity index (χ2n) is 3.46. The molecule has 0 saturated heterocycles. The zero-order valence-electron chi connectivity index (χ0n) is 8.94.